The van der Waals surface area contributed by atoms with Gasteiger partial charge in [0.25, 0.3) is 0 Å². The molecule has 100 valence electrons. The Morgan fingerprint density at radius 2 is 1.61 bits per heavy atom. The first kappa shape index (κ1) is 16.0. The topological polar surface area (TPSA) is 104 Å². The molecular weight excluding hydrogens is 244 g/mol. The molecule has 0 aromatic carbocycles. The Morgan fingerprint density at radius 3 is 2.00 bits per heavy atom. The van der Waals surface area contributed by atoms with Gasteiger partial charge in [0.2, 0.25) is 5.78 Å². The second kappa shape index (κ2) is 7.31. The van der Waals surface area contributed by atoms with Crippen molar-refractivity contribution >= 4 is 29.5 Å². The van der Waals surface area contributed by atoms with E-state index in [-0.39, 0.29) is 6.61 Å². The van der Waals surface area contributed by atoms with Crippen molar-refractivity contribution in [2.45, 2.75) is 27.2 Å². The minimum Gasteiger partial charge on any atom is -0.465 e. The van der Waals surface area contributed by atoms with E-state index in [2.05, 4.69) is 9.47 Å². The van der Waals surface area contributed by atoms with E-state index in [0.717, 1.165) is 13.8 Å². The highest BCUT2D eigenvalue weighted by atomic mass is 16.6. The van der Waals surface area contributed by atoms with Crippen LogP contribution in [-0.4, -0.2) is 36.1 Å². The molecule has 0 aromatic heterocycles. The van der Waals surface area contributed by atoms with Gasteiger partial charge in [-0.2, -0.15) is 0 Å². The van der Waals surface area contributed by atoms with Gasteiger partial charge in [0.15, 0.2) is 0 Å². The molecule has 0 aliphatic carbocycles. The molecule has 0 aromatic rings. The number of esters is 3. The predicted molar refractivity (Wildman–Crippen MR) is 57.2 cm³/mol. The normalized spacial score (nSPS) is 11.3. The van der Waals surface area contributed by atoms with Crippen LogP contribution in [0, 0.1) is 5.92 Å². The molecular formula is C11H14O7. The molecule has 0 rings (SSSR count). The Kier molecular flexibility index (Phi) is 6.48. The third-order valence-corrected chi connectivity index (χ3v) is 1.92. The fourth-order valence-corrected chi connectivity index (χ4v) is 1.09. The Labute approximate surface area is 103 Å². The van der Waals surface area contributed by atoms with Crippen molar-refractivity contribution < 1.29 is 33.4 Å². The maximum Gasteiger partial charge on any atom is 0.382 e. The van der Waals surface area contributed by atoms with Gasteiger partial charge in [-0.15, -0.1) is 0 Å². The zero-order valence-electron chi connectivity index (χ0n) is 10.3. The second-order valence-corrected chi connectivity index (χ2v) is 3.42. The standard InChI is InChI=1S/C11H14O7/c1-4-17-10(15)8(6(2)12)5-9(14)11(16)18-7(3)13/h8H,4-5H2,1-3H3. The quantitative estimate of drug-likeness (QED) is 0.369. The van der Waals surface area contributed by atoms with E-state index in [1.807, 2.05) is 0 Å². The van der Waals surface area contributed by atoms with Gasteiger partial charge in [0.1, 0.15) is 11.7 Å². The zero-order valence-corrected chi connectivity index (χ0v) is 10.3. The lowest BCUT2D eigenvalue weighted by Crippen LogP contribution is -2.30. The first-order valence-electron chi connectivity index (χ1n) is 5.22. The van der Waals surface area contributed by atoms with Crippen molar-refractivity contribution in [1.82, 2.24) is 0 Å². The molecule has 0 aliphatic heterocycles. The number of hydrogen-bond acceptors (Lipinski definition) is 7. The average molecular weight is 258 g/mol. The molecule has 18 heavy (non-hydrogen) atoms. The molecule has 0 N–H and O–H groups in total. The summed E-state index contributed by atoms with van der Waals surface area (Å²) in [5, 5.41) is 0. The molecule has 0 bridgehead atoms. The van der Waals surface area contributed by atoms with Crippen molar-refractivity contribution in [1.29, 1.82) is 0 Å². The van der Waals surface area contributed by atoms with Crippen LogP contribution >= 0.6 is 0 Å². The summed E-state index contributed by atoms with van der Waals surface area (Å²) in [5.74, 6) is -6.29. The highest BCUT2D eigenvalue weighted by Crippen LogP contribution is 2.09. The van der Waals surface area contributed by atoms with Crippen LogP contribution in [0.4, 0.5) is 0 Å². The van der Waals surface area contributed by atoms with Crippen LogP contribution in [0.5, 0.6) is 0 Å². The van der Waals surface area contributed by atoms with Gasteiger partial charge < -0.3 is 9.47 Å². The van der Waals surface area contributed by atoms with Crippen LogP contribution in [0.15, 0.2) is 0 Å². The molecule has 0 radical (unpaired) electrons. The van der Waals surface area contributed by atoms with E-state index in [4.69, 9.17) is 0 Å². The lowest BCUT2D eigenvalue weighted by atomic mass is 9.98. The van der Waals surface area contributed by atoms with Crippen LogP contribution in [0.1, 0.15) is 27.2 Å². The molecule has 7 nitrogen and oxygen atoms in total. The number of ether oxygens (including phenoxy) is 2. The fraction of sp³-hybridized carbons (Fsp3) is 0.545. The Hall–Kier alpha value is -2.05. The monoisotopic (exact) mass is 258 g/mol. The second-order valence-electron chi connectivity index (χ2n) is 3.42. The molecule has 0 saturated heterocycles. The van der Waals surface area contributed by atoms with Gasteiger partial charge in [0, 0.05) is 13.3 Å². The summed E-state index contributed by atoms with van der Waals surface area (Å²) in [6, 6.07) is 0. The minimum absolute atomic E-state index is 0.0503. The summed E-state index contributed by atoms with van der Waals surface area (Å²) in [4.78, 5) is 55.3. The average Bonchev–Trinajstić information content (AvgIpc) is 2.24. The van der Waals surface area contributed by atoms with Crippen molar-refractivity contribution in [3.05, 3.63) is 0 Å². The number of carbonyl (C=O) groups excluding carboxylic acids is 5. The van der Waals surface area contributed by atoms with Gasteiger partial charge in [-0.3, -0.25) is 19.2 Å². The molecule has 0 aliphatic rings. The van der Waals surface area contributed by atoms with E-state index in [1.54, 1.807) is 6.92 Å². The smallest absolute Gasteiger partial charge is 0.382 e. The number of ketones is 2. The molecule has 1 unspecified atom stereocenters. The fourth-order valence-electron chi connectivity index (χ4n) is 1.09. The first-order valence-corrected chi connectivity index (χ1v) is 5.22. The number of carbonyl (C=O) groups is 5. The molecule has 0 fully saturated rings. The van der Waals surface area contributed by atoms with Crippen molar-refractivity contribution in [3.63, 3.8) is 0 Å². The van der Waals surface area contributed by atoms with Crippen LogP contribution in [0.25, 0.3) is 0 Å². The number of rotatable bonds is 6. The van der Waals surface area contributed by atoms with Gasteiger partial charge in [-0.05, 0) is 13.8 Å². The third-order valence-electron chi connectivity index (χ3n) is 1.92. The van der Waals surface area contributed by atoms with Gasteiger partial charge in [-0.1, -0.05) is 0 Å². The predicted octanol–water partition coefficient (Wildman–Crippen LogP) is -0.196. The van der Waals surface area contributed by atoms with Crippen LogP contribution in [-0.2, 0) is 33.4 Å². The molecule has 0 amide bonds. The van der Waals surface area contributed by atoms with E-state index in [1.165, 1.54) is 0 Å². The minimum atomic E-state index is -1.39. The maximum atomic E-state index is 11.4. The highest BCUT2D eigenvalue weighted by Gasteiger charge is 2.31. The van der Waals surface area contributed by atoms with Gasteiger partial charge >= 0.3 is 17.9 Å². The lowest BCUT2D eigenvalue weighted by molar-refractivity contribution is -0.163. The van der Waals surface area contributed by atoms with E-state index in [0.29, 0.717) is 0 Å². The molecule has 0 saturated carbocycles. The Morgan fingerprint density at radius 1 is 1.06 bits per heavy atom. The summed E-state index contributed by atoms with van der Waals surface area (Å²) >= 11 is 0. The third kappa shape index (κ3) is 5.33. The summed E-state index contributed by atoms with van der Waals surface area (Å²) in [6.07, 6.45) is -0.666. The Bertz CT molecular complexity index is 383. The van der Waals surface area contributed by atoms with Crippen LogP contribution in [0.3, 0.4) is 0 Å². The summed E-state index contributed by atoms with van der Waals surface area (Å²) in [7, 11) is 0. The van der Waals surface area contributed by atoms with Gasteiger partial charge in [-0.25, -0.2) is 4.79 Å². The van der Waals surface area contributed by atoms with Crippen molar-refractivity contribution in [2.75, 3.05) is 6.61 Å². The maximum absolute atomic E-state index is 11.4. The lowest BCUT2D eigenvalue weighted by Gasteiger charge is -2.10. The zero-order chi connectivity index (χ0) is 14.3. The molecule has 7 heteroatoms. The summed E-state index contributed by atoms with van der Waals surface area (Å²) < 4.78 is 8.64. The van der Waals surface area contributed by atoms with E-state index >= 15 is 0 Å². The van der Waals surface area contributed by atoms with E-state index in [9.17, 15) is 24.0 Å². The largest absolute Gasteiger partial charge is 0.465 e. The van der Waals surface area contributed by atoms with E-state index < -0.39 is 41.8 Å². The Balaban J connectivity index is 4.65. The summed E-state index contributed by atoms with van der Waals surface area (Å²) in [6.45, 7) is 3.65. The number of hydrogen-bond donors (Lipinski definition) is 0. The van der Waals surface area contributed by atoms with Crippen LogP contribution in [0.2, 0.25) is 0 Å². The van der Waals surface area contributed by atoms with Crippen molar-refractivity contribution in [2.24, 2.45) is 5.92 Å². The van der Waals surface area contributed by atoms with Gasteiger partial charge in [0.05, 0.1) is 6.61 Å². The highest BCUT2D eigenvalue weighted by molar-refractivity contribution is 6.36. The molecule has 0 heterocycles. The summed E-state index contributed by atoms with van der Waals surface area (Å²) in [5.41, 5.74) is 0. The SMILES string of the molecule is CCOC(=O)C(CC(=O)C(=O)OC(C)=O)C(C)=O. The van der Waals surface area contributed by atoms with Crippen molar-refractivity contribution in [3.8, 4) is 0 Å². The molecule has 1 atom stereocenters. The van der Waals surface area contributed by atoms with Crippen LogP contribution < -0.4 is 0 Å². The first-order chi connectivity index (χ1) is 8.29. The number of Topliss-reactive ketones (excluding diaryl/α,β-unsaturated/α-hetero) is 2. The molecule has 0 spiro atoms.